The van der Waals surface area contributed by atoms with E-state index in [0.29, 0.717) is 37.8 Å². The topological polar surface area (TPSA) is 76.6 Å². The summed E-state index contributed by atoms with van der Waals surface area (Å²) in [4.78, 5) is 22.6. The molecule has 1 aliphatic rings. The van der Waals surface area contributed by atoms with E-state index in [1.807, 2.05) is 30.3 Å². The van der Waals surface area contributed by atoms with Crippen molar-refractivity contribution in [2.45, 2.75) is 19.8 Å². The van der Waals surface area contributed by atoms with Crippen molar-refractivity contribution >= 4 is 17.9 Å². The summed E-state index contributed by atoms with van der Waals surface area (Å²) >= 11 is 0. The normalized spacial score (nSPS) is 16.7. The number of anilines is 1. The van der Waals surface area contributed by atoms with Crippen LogP contribution in [0.25, 0.3) is 6.08 Å². The highest BCUT2D eigenvalue weighted by atomic mass is 19.1. The number of halogens is 1. The first kappa shape index (κ1) is 24.2. The number of nitrogens with zero attached hydrogens (tertiary/aromatic N) is 3. The first-order valence-electron chi connectivity index (χ1n) is 11.6. The fourth-order valence-corrected chi connectivity index (χ4v) is 4.01. The number of carbonyl (C=O) groups is 1. The summed E-state index contributed by atoms with van der Waals surface area (Å²) in [6.07, 6.45) is 6.54. The molecule has 7 nitrogen and oxygen atoms in total. The molecule has 0 saturated carbocycles. The molecular weight excluding hydrogens is 447 g/mol. The van der Waals surface area contributed by atoms with E-state index in [4.69, 9.17) is 9.47 Å². The molecule has 0 radical (unpaired) electrons. The lowest BCUT2D eigenvalue weighted by Crippen LogP contribution is -2.42. The maximum absolute atomic E-state index is 13.3. The van der Waals surface area contributed by atoms with E-state index in [0.717, 1.165) is 23.3 Å². The molecule has 0 bridgehead atoms. The molecule has 1 N–H and O–H groups in total. The molecule has 2 heterocycles. The van der Waals surface area contributed by atoms with Crippen molar-refractivity contribution in [3.8, 4) is 11.6 Å². The molecule has 182 valence electrons. The van der Waals surface area contributed by atoms with E-state index in [1.54, 1.807) is 11.0 Å². The van der Waals surface area contributed by atoms with Crippen LogP contribution in [-0.2, 0) is 6.42 Å². The van der Waals surface area contributed by atoms with E-state index >= 15 is 0 Å². The van der Waals surface area contributed by atoms with Crippen LogP contribution in [0.3, 0.4) is 0 Å². The molecule has 0 aliphatic carbocycles. The van der Waals surface area contributed by atoms with Crippen LogP contribution in [0.1, 0.15) is 24.5 Å². The molecule has 1 aliphatic heterocycles. The van der Waals surface area contributed by atoms with Gasteiger partial charge in [0.1, 0.15) is 11.6 Å². The third kappa shape index (κ3) is 6.79. The standard InChI is InChI=1S/C27H29FN4O3/c1-19-18-32(27(33)31-25-16-30-26(34-2)17-29-25)11-9-22(19)13-21-6-4-8-24(15-21)35-12-10-20-5-3-7-23(28)14-20/h3-8,13-17,19H,9-12,18H2,1-2H3,(H,29,31,33)/b22-13+. The fourth-order valence-electron chi connectivity index (χ4n) is 4.01. The third-order valence-corrected chi connectivity index (χ3v) is 5.92. The van der Waals surface area contributed by atoms with Gasteiger partial charge in [-0.25, -0.2) is 19.2 Å². The Labute approximate surface area is 204 Å². The van der Waals surface area contributed by atoms with Gasteiger partial charge in [0.15, 0.2) is 5.82 Å². The first-order chi connectivity index (χ1) is 17.0. The van der Waals surface area contributed by atoms with Gasteiger partial charge in [0, 0.05) is 19.5 Å². The van der Waals surface area contributed by atoms with Crippen LogP contribution in [-0.4, -0.2) is 47.7 Å². The van der Waals surface area contributed by atoms with Crippen LogP contribution in [0.4, 0.5) is 15.0 Å². The van der Waals surface area contributed by atoms with Gasteiger partial charge in [0.05, 0.1) is 26.1 Å². The summed E-state index contributed by atoms with van der Waals surface area (Å²) in [5, 5.41) is 2.79. The van der Waals surface area contributed by atoms with E-state index < -0.39 is 0 Å². The lowest BCUT2D eigenvalue weighted by Gasteiger charge is -2.33. The minimum absolute atomic E-state index is 0.191. The highest BCUT2D eigenvalue weighted by molar-refractivity contribution is 5.88. The molecular formula is C27H29FN4O3. The molecule has 4 rings (SSSR count). The summed E-state index contributed by atoms with van der Waals surface area (Å²) in [6.45, 7) is 3.83. The number of ether oxygens (including phenoxy) is 2. The molecule has 8 heteroatoms. The summed E-state index contributed by atoms with van der Waals surface area (Å²) in [7, 11) is 1.51. The number of benzene rings is 2. The van der Waals surface area contributed by atoms with Gasteiger partial charge in [-0.3, -0.25) is 5.32 Å². The van der Waals surface area contributed by atoms with Crippen LogP contribution >= 0.6 is 0 Å². The number of urea groups is 1. The molecule has 0 spiro atoms. The SMILES string of the molecule is COc1cnc(NC(=O)N2CC/C(=C\c3cccc(OCCc4cccc(F)c4)c3)C(C)C2)cn1. The number of likely N-dealkylation sites (tertiary alicyclic amines) is 1. The van der Waals surface area contributed by atoms with Crippen LogP contribution < -0.4 is 14.8 Å². The quantitative estimate of drug-likeness (QED) is 0.507. The number of rotatable bonds is 7. The maximum atomic E-state index is 13.3. The number of methoxy groups -OCH3 is 1. The second kappa shape index (κ2) is 11.5. The number of carbonyl (C=O) groups excluding carboxylic acids is 1. The number of piperidine rings is 1. The van der Waals surface area contributed by atoms with Gasteiger partial charge in [-0.05, 0) is 47.7 Å². The Balaban J connectivity index is 1.31. The molecule has 1 aromatic heterocycles. The largest absolute Gasteiger partial charge is 0.493 e. The van der Waals surface area contributed by atoms with Gasteiger partial charge < -0.3 is 14.4 Å². The first-order valence-corrected chi connectivity index (χ1v) is 11.6. The van der Waals surface area contributed by atoms with E-state index in [9.17, 15) is 9.18 Å². The number of amides is 2. The third-order valence-electron chi connectivity index (χ3n) is 5.92. The zero-order valence-electron chi connectivity index (χ0n) is 19.9. The zero-order chi connectivity index (χ0) is 24.6. The molecule has 1 unspecified atom stereocenters. The van der Waals surface area contributed by atoms with Crippen molar-refractivity contribution in [1.82, 2.24) is 14.9 Å². The van der Waals surface area contributed by atoms with Gasteiger partial charge in [-0.2, -0.15) is 0 Å². The molecule has 2 aromatic carbocycles. The van der Waals surface area contributed by atoms with Crippen molar-refractivity contribution in [1.29, 1.82) is 0 Å². The molecule has 1 saturated heterocycles. The Hall–Kier alpha value is -3.94. The molecule has 2 amide bonds. The molecule has 1 fully saturated rings. The minimum atomic E-state index is -0.233. The summed E-state index contributed by atoms with van der Waals surface area (Å²) in [5.74, 6) is 1.54. The van der Waals surface area contributed by atoms with Crippen molar-refractivity contribution < 1.29 is 18.7 Å². The number of aromatic nitrogens is 2. The van der Waals surface area contributed by atoms with Crippen molar-refractivity contribution in [3.05, 3.63) is 83.4 Å². The Morgan fingerprint density at radius 3 is 2.80 bits per heavy atom. The van der Waals surface area contributed by atoms with Crippen molar-refractivity contribution in [2.24, 2.45) is 5.92 Å². The Morgan fingerprint density at radius 2 is 2.06 bits per heavy atom. The summed E-state index contributed by atoms with van der Waals surface area (Å²) < 4.78 is 24.2. The van der Waals surface area contributed by atoms with Gasteiger partial charge in [0.25, 0.3) is 0 Å². The summed E-state index contributed by atoms with van der Waals surface area (Å²) in [6, 6.07) is 14.3. The number of nitrogens with one attached hydrogen (secondary N) is 1. The predicted octanol–water partition coefficient (Wildman–Crippen LogP) is 5.20. The van der Waals surface area contributed by atoms with Gasteiger partial charge in [0.2, 0.25) is 5.88 Å². The van der Waals surface area contributed by atoms with Gasteiger partial charge in [-0.1, -0.05) is 42.8 Å². The predicted molar refractivity (Wildman–Crippen MR) is 133 cm³/mol. The van der Waals surface area contributed by atoms with Crippen LogP contribution in [0.2, 0.25) is 0 Å². The summed E-state index contributed by atoms with van der Waals surface area (Å²) in [5.41, 5.74) is 3.25. The zero-order valence-corrected chi connectivity index (χ0v) is 19.9. The Bertz CT molecular complexity index is 1180. The van der Waals surface area contributed by atoms with E-state index in [2.05, 4.69) is 28.3 Å². The van der Waals surface area contributed by atoms with Crippen LogP contribution in [0.5, 0.6) is 11.6 Å². The molecule has 3 aromatic rings. The molecule has 1 atom stereocenters. The lowest BCUT2D eigenvalue weighted by atomic mass is 9.91. The fraction of sp³-hybridized carbons (Fsp3) is 0.296. The van der Waals surface area contributed by atoms with E-state index in [-0.39, 0.29) is 17.8 Å². The Morgan fingerprint density at radius 1 is 1.20 bits per heavy atom. The van der Waals surface area contributed by atoms with Crippen molar-refractivity contribution in [3.63, 3.8) is 0 Å². The minimum Gasteiger partial charge on any atom is -0.493 e. The van der Waals surface area contributed by atoms with Gasteiger partial charge >= 0.3 is 6.03 Å². The van der Waals surface area contributed by atoms with Gasteiger partial charge in [-0.15, -0.1) is 0 Å². The highest BCUT2D eigenvalue weighted by Crippen LogP contribution is 2.26. The second-order valence-corrected chi connectivity index (χ2v) is 8.49. The highest BCUT2D eigenvalue weighted by Gasteiger charge is 2.24. The maximum Gasteiger partial charge on any atom is 0.323 e. The van der Waals surface area contributed by atoms with Crippen LogP contribution in [0, 0.1) is 11.7 Å². The average Bonchev–Trinajstić information content (AvgIpc) is 2.86. The average molecular weight is 477 g/mol. The lowest BCUT2D eigenvalue weighted by molar-refractivity contribution is 0.197. The second-order valence-electron chi connectivity index (χ2n) is 8.49. The van der Waals surface area contributed by atoms with E-state index in [1.165, 1.54) is 37.2 Å². The Kier molecular flexibility index (Phi) is 7.92. The van der Waals surface area contributed by atoms with Crippen LogP contribution in [0.15, 0.2) is 66.5 Å². The number of hydrogen-bond donors (Lipinski definition) is 1. The van der Waals surface area contributed by atoms with Crippen molar-refractivity contribution in [2.75, 3.05) is 32.1 Å². The monoisotopic (exact) mass is 476 g/mol. The number of hydrogen-bond acceptors (Lipinski definition) is 5. The smallest absolute Gasteiger partial charge is 0.323 e. The molecule has 35 heavy (non-hydrogen) atoms.